The molecular formula is C12H11BrFNO2S. The monoisotopic (exact) mass is 331 g/mol. The Labute approximate surface area is 115 Å². The molecule has 0 amide bonds. The number of hydrogen-bond donors (Lipinski definition) is 0. The van der Waals surface area contributed by atoms with E-state index in [4.69, 9.17) is 4.42 Å². The quantitative estimate of drug-likeness (QED) is 0.862. The molecule has 3 nitrogen and oxygen atoms in total. The molecule has 6 heteroatoms. The van der Waals surface area contributed by atoms with E-state index >= 15 is 0 Å². The van der Waals surface area contributed by atoms with Crippen LogP contribution in [0.2, 0.25) is 0 Å². The van der Waals surface area contributed by atoms with E-state index in [-0.39, 0.29) is 11.6 Å². The molecular weight excluding hydrogens is 321 g/mol. The third-order valence-corrected chi connectivity index (χ3v) is 4.10. The number of aromatic nitrogens is 1. The molecule has 0 radical (unpaired) electrons. The molecule has 0 spiro atoms. The summed E-state index contributed by atoms with van der Waals surface area (Å²) in [5, 5.41) is 0. The van der Waals surface area contributed by atoms with Gasteiger partial charge in [0.1, 0.15) is 17.3 Å². The summed E-state index contributed by atoms with van der Waals surface area (Å²) in [5.74, 6) is 1.45. The third kappa shape index (κ3) is 3.49. The fourth-order valence-electron chi connectivity index (χ4n) is 1.47. The van der Waals surface area contributed by atoms with Crippen LogP contribution in [-0.4, -0.2) is 9.19 Å². The molecule has 0 bridgehead atoms. The highest BCUT2D eigenvalue weighted by Gasteiger charge is 2.09. The Hall–Kier alpha value is -1.01. The van der Waals surface area contributed by atoms with Crippen LogP contribution in [0.15, 0.2) is 33.3 Å². The van der Waals surface area contributed by atoms with Gasteiger partial charge in [-0.2, -0.15) is 0 Å². The van der Waals surface area contributed by atoms with Gasteiger partial charge in [0.2, 0.25) is 5.89 Å². The van der Waals surface area contributed by atoms with Gasteiger partial charge in [0.15, 0.2) is 0 Å². The lowest BCUT2D eigenvalue weighted by molar-refractivity contribution is 0.488. The van der Waals surface area contributed by atoms with Crippen molar-refractivity contribution in [3.8, 4) is 0 Å². The molecule has 2 aromatic rings. The van der Waals surface area contributed by atoms with Crippen molar-refractivity contribution in [1.82, 2.24) is 4.98 Å². The minimum absolute atomic E-state index is 0.267. The van der Waals surface area contributed by atoms with Crippen LogP contribution < -0.4 is 0 Å². The molecule has 0 N–H and O–H groups in total. The van der Waals surface area contributed by atoms with E-state index < -0.39 is 10.8 Å². The number of benzene rings is 1. The first-order valence-corrected chi connectivity index (χ1v) is 7.53. The van der Waals surface area contributed by atoms with Crippen LogP contribution in [0.25, 0.3) is 0 Å². The Morgan fingerprint density at radius 1 is 1.44 bits per heavy atom. The van der Waals surface area contributed by atoms with Crippen molar-refractivity contribution in [2.45, 2.75) is 18.4 Å². The zero-order valence-electron chi connectivity index (χ0n) is 9.65. The van der Waals surface area contributed by atoms with Gasteiger partial charge in [-0.15, -0.1) is 0 Å². The van der Waals surface area contributed by atoms with Gasteiger partial charge in [0, 0.05) is 16.6 Å². The van der Waals surface area contributed by atoms with E-state index in [1.165, 1.54) is 6.07 Å². The minimum atomic E-state index is -1.12. The zero-order valence-corrected chi connectivity index (χ0v) is 12.1. The first kappa shape index (κ1) is 13.4. The molecule has 18 heavy (non-hydrogen) atoms. The minimum Gasteiger partial charge on any atom is -0.445 e. The van der Waals surface area contributed by atoms with Crippen LogP contribution in [0.4, 0.5) is 4.39 Å². The second kappa shape index (κ2) is 5.75. The molecule has 1 unspecified atom stereocenters. The van der Waals surface area contributed by atoms with Gasteiger partial charge < -0.3 is 4.42 Å². The molecule has 0 aliphatic rings. The third-order valence-electron chi connectivity index (χ3n) is 2.27. The van der Waals surface area contributed by atoms with Crippen LogP contribution in [0.3, 0.4) is 0 Å². The molecule has 0 aliphatic carbocycles. The van der Waals surface area contributed by atoms with Crippen LogP contribution in [-0.2, 0) is 22.3 Å². The Bertz CT molecular complexity index is 585. The van der Waals surface area contributed by atoms with Crippen molar-refractivity contribution in [2.24, 2.45) is 0 Å². The van der Waals surface area contributed by atoms with Gasteiger partial charge in [0.25, 0.3) is 0 Å². The first-order chi connectivity index (χ1) is 8.54. The SMILES string of the molecule is Cc1cnc(CS(=O)Cc2ccc(F)c(Br)c2)o1. The standard InChI is InChI=1S/C12H11BrFNO2S/c1-8-5-15-12(17-8)7-18(16)6-9-2-3-11(14)10(13)4-9/h2-5H,6-7H2,1H3. The molecule has 0 saturated carbocycles. The number of aryl methyl sites for hydroxylation is 1. The molecule has 0 saturated heterocycles. The van der Waals surface area contributed by atoms with Crippen LogP contribution in [0.1, 0.15) is 17.2 Å². The fraction of sp³-hybridized carbons (Fsp3) is 0.250. The molecule has 0 fully saturated rings. The molecule has 96 valence electrons. The lowest BCUT2D eigenvalue weighted by Gasteiger charge is -2.02. The van der Waals surface area contributed by atoms with Crippen LogP contribution >= 0.6 is 15.9 Å². The lowest BCUT2D eigenvalue weighted by Crippen LogP contribution is -2.00. The molecule has 1 heterocycles. The van der Waals surface area contributed by atoms with Gasteiger partial charge in [-0.25, -0.2) is 9.37 Å². The van der Waals surface area contributed by atoms with E-state index in [2.05, 4.69) is 20.9 Å². The number of rotatable bonds is 4. The predicted molar refractivity (Wildman–Crippen MR) is 70.9 cm³/mol. The number of oxazole rings is 1. The molecule has 0 aliphatic heterocycles. The first-order valence-electron chi connectivity index (χ1n) is 5.25. The highest BCUT2D eigenvalue weighted by molar-refractivity contribution is 9.10. The summed E-state index contributed by atoms with van der Waals surface area (Å²) in [6.07, 6.45) is 1.60. The van der Waals surface area contributed by atoms with E-state index in [0.29, 0.717) is 21.9 Å². The van der Waals surface area contributed by atoms with Crippen molar-refractivity contribution in [1.29, 1.82) is 0 Å². The van der Waals surface area contributed by atoms with Gasteiger partial charge in [-0.3, -0.25) is 4.21 Å². The largest absolute Gasteiger partial charge is 0.445 e. The summed E-state index contributed by atoms with van der Waals surface area (Å²) >= 11 is 3.10. The highest BCUT2D eigenvalue weighted by Crippen LogP contribution is 2.18. The maximum atomic E-state index is 13.0. The maximum Gasteiger partial charge on any atom is 0.206 e. The molecule has 1 aromatic heterocycles. The van der Waals surface area contributed by atoms with E-state index in [1.54, 1.807) is 25.3 Å². The second-order valence-electron chi connectivity index (χ2n) is 3.84. The Kier molecular flexibility index (Phi) is 4.29. The zero-order chi connectivity index (χ0) is 13.1. The van der Waals surface area contributed by atoms with Gasteiger partial charge in [0.05, 0.1) is 10.7 Å². The fourth-order valence-corrected chi connectivity index (χ4v) is 2.96. The van der Waals surface area contributed by atoms with Gasteiger partial charge in [-0.1, -0.05) is 6.07 Å². The average Bonchev–Trinajstić information content (AvgIpc) is 2.69. The van der Waals surface area contributed by atoms with Crippen molar-refractivity contribution >= 4 is 26.7 Å². The molecule has 2 rings (SSSR count). The predicted octanol–water partition coefficient (Wildman–Crippen LogP) is 3.33. The van der Waals surface area contributed by atoms with Crippen LogP contribution in [0.5, 0.6) is 0 Å². The summed E-state index contributed by atoms with van der Waals surface area (Å²) in [6, 6.07) is 4.61. The van der Waals surface area contributed by atoms with Crippen molar-refractivity contribution in [3.05, 3.63) is 51.9 Å². The Morgan fingerprint density at radius 3 is 2.83 bits per heavy atom. The summed E-state index contributed by atoms with van der Waals surface area (Å²) < 4.78 is 30.6. The summed E-state index contributed by atoms with van der Waals surface area (Å²) in [7, 11) is -1.12. The maximum absolute atomic E-state index is 13.0. The summed E-state index contributed by atoms with van der Waals surface area (Å²) in [6.45, 7) is 1.79. The summed E-state index contributed by atoms with van der Waals surface area (Å²) in [4.78, 5) is 4.00. The molecule has 1 aromatic carbocycles. The van der Waals surface area contributed by atoms with Crippen molar-refractivity contribution in [2.75, 3.05) is 0 Å². The van der Waals surface area contributed by atoms with E-state index in [1.807, 2.05) is 0 Å². The van der Waals surface area contributed by atoms with Crippen molar-refractivity contribution in [3.63, 3.8) is 0 Å². The average molecular weight is 332 g/mol. The normalized spacial score (nSPS) is 12.6. The van der Waals surface area contributed by atoms with Crippen molar-refractivity contribution < 1.29 is 13.0 Å². The van der Waals surface area contributed by atoms with Gasteiger partial charge in [-0.05, 0) is 40.5 Å². The Balaban J connectivity index is 2.00. The van der Waals surface area contributed by atoms with Gasteiger partial charge >= 0.3 is 0 Å². The highest BCUT2D eigenvalue weighted by atomic mass is 79.9. The number of halogens is 2. The Morgan fingerprint density at radius 2 is 2.22 bits per heavy atom. The second-order valence-corrected chi connectivity index (χ2v) is 6.15. The molecule has 1 atom stereocenters. The lowest BCUT2D eigenvalue weighted by atomic mass is 10.2. The topological polar surface area (TPSA) is 43.1 Å². The van der Waals surface area contributed by atoms with E-state index in [9.17, 15) is 8.60 Å². The number of hydrogen-bond acceptors (Lipinski definition) is 3. The van der Waals surface area contributed by atoms with E-state index in [0.717, 1.165) is 5.56 Å². The smallest absolute Gasteiger partial charge is 0.206 e. The number of nitrogens with zero attached hydrogens (tertiary/aromatic N) is 1. The van der Waals surface area contributed by atoms with Crippen LogP contribution in [0, 0.1) is 12.7 Å². The summed E-state index contributed by atoms with van der Waals surface area (Å²) in [5.41, 5.74) is 0.810.